The van der Waals surface area contributed by atoms with E-state index in [9.17, 15) is 9.18 Å². The standard InChI is InChI=1S/C9H9Br2FN2O/c10-4-1-5(11)9(6(12)2-4)7(13)3-8(14)15/h1-2,7H,3,13H2,(H2,14,15). The Bertz CT molecular complexity index is 375. The molecule has 15 heavy (non-hydrogen) atoms. The molecule has 0 saturated heterocycles. The first-order valence-corrected chi connectivity index (χ1v) is 5.68. The van der Waals surface area contributed by atoms with Gasteiger partial charge < -0.3 is 11.5 Å². The fourth-order valence-corrected chi connectivity index (χ4v) is 2.69. The molecule has 0 radical (unpaired) electrons. The van der Waals surface area contributed by atoms with Crippen LogP contribution in [0.2, 0.25) is 0 Å². The molecule has 1 rings (SSSR count). The van der Waals surface area contributed by atoms with Crippen LogP contribution >= 0.6 is 31.9 Å². The lowest BCUT2D eigenvalue weighted by Gasteiger charge is -2.13. The molecule has 0 saturated carbocycles. The summed E-state index contributed by atoms with van der Waals surface area (Å²) in [6.45, 7) is 0. The third-order valence-corrected chi connectivity index (χ3v) is 2.95. The van der Waals surface area contributed by atoms with Crippen molar-refractivity contribution in [2.75, 3.05) is 0 Å². The summed E-state index contributed by atoms with van der Waals surface area (Å²) in [7, 11) is 0. The Morgan fingerprint density at radius 2 is 2.07 bits per heavy atom. The van der Waals surface area contributed by atoms with Gasteiger partial charge in [-0.2, -0.15) is 0 Å². The van der Waals surface area contributed by atoms with Gasteiger partial charge in [0.1, 0.15) is 5.82 Å². The lowest BCUT2D eigenvalue weighted by molar-refractivity contribution is -0.118. The van der Waals surface area contributed by atoms with Crippen molar-refractivity contribution >= 4 is 37.8 Å². The van der Waals surface area contributed by atoms with Gasteiger partial charge >= 0.3 is 0 Å². The van der Waals surface area contributed by atoms with E-state index >= 15 is 0 Å². The second kappa shape index (κ2) is 5.05. The summed E-state index contributed by atoms with van der Waals surface area (Å²) in [5.74, 6) is -1.03. The number of hydrogen-bond donors (Lipinski definition) is 2. The first kappa shape index (κ1) is 12.6. The van der Waals surface area contributed by atoms with Gasteiger partial charge in [-0.15, -0.1) is 0 Å². The predicted octanol–water partition coefficient (Wildman–Crippen LogP) is 2.23. The van der Waals surface area contributed by atoms with Gasteiger partial charge in [0.2, 0.25) is 5.91 Å². The molecule has 6 heteroatoms. The van der Waals surface area contributed by atoms with E-state index in [-0.39, 0.29) is 12.0 Å². The monoisotopic (exact) mass is 338 g/mol. The highest BCUT2D eigenvalue weighted by Gasteiger charge is 2.17. The largest absolute Gasteiger partial charge is 0.370 e. The van der Waals surface area contributed by atoms with E-state index in [1.165, 1.54) is 6.07 Å². The maximum atomic E-state index is 13.5. The number of rotatable bonds is 3. The van der Waals surface area contributed by atoms with E-state index in [1.54, 1.807) is 6.07 Å². The number of primary amides is 1. The van der Waals surface area contributed by atoms with Gasteiger partial charge in [-0.25, -0.2) is 4.39 Å². The van der Waals surface area contributed by atoms with Crippen molar-refractivity contribution in [1.29, 1.82) is 0 Å². The maximum Gasteiger partial charge on any atom is 0.219 e. The molecule has 0 bridgehead atoms. The molecule has 1 aromatic rings. The zero-order valence-corrected chi connectivity index (χ0v) is 10.8. The molecule has 1 amide bonds. The topological polar surface area (TPSA) is 69.1 Å². The summed E-state index contributed by atoms with van der Waals surface area (Å²) >= 11 is 6.33. The number of amides is 1. The van der Waals surface area contributed by atoms with Crippen LogP contribution in [0.5, 0.6) is 0 Å². The van der Waals surface area contributed by atoms with Crippen molar-refractivity contribution in [2.24, 2.45) is 11.5 Å². The summed E-state index contributed by atoms with van der Waals surface area (Å²) in [6, 6.07) is 2.23. The molecule has 0 aromatic heterocycles. The first-order chi connectivity index (χ1) is 6.91. The molecular weight excluding hydrogens is 331 g/mol. The van der Waals surface area contributed by atoms with Crippen LogP contribution in [-0.2, 0) is 4.79 Å². The Labute approximate surface area is 103 Å². The van der Waals surface area contributed by atoms with E-state index in [1.807, 2.05) is 0 Å². The summed E-state index contributed by atoms with van der Waals surface area (Å²) in [6.07, 6.45) is -0.0862. The molecule has 0 aliphatic carbocycles. The molecule has 0 fully saturated rings. The molecular formula is C9H9Br2FN2O. The molecule has 82 valence electrons. The number of hydrogen-bond acceptors (Lipinski definition) is 2. The summed E-state index contributed by atoms with van der Waals surface area (Å²) in [4.78, 5) is 10.7. The normalized spacial score (nSPS) is 12.5. The highest BCUT2D eigenvalue weighted by molar-refractivity contribution is 9.11. The Hall–Kier alpha value is -0.460. The Balaban J connectivity index is 3.08. The van der Waals surface area contributed by atoms with Crippen LogP contribution in [0.25, 0.3) is 0 Å². The lowest BCUT2D eigenvalue weighted by atomic mass is 10.0. The van der Waals surface area contributed by atoms with E-state index < -0.39 is 17.8 Å². The van der Waals surface area contributed by atoms with E-state index in [0.717, 1.165) is 0 Å². The van der Waals surface area contributed by atoms with Crippen LogP contribution in [0.15, 0.2) is 21.1 Å². The molecule has 3 nitrogen and oxygen atoms in total. The van der Waals surface area contributed by atoms with Crippen LogP contribution in [-0.4, -0.2) is 5.91 Å². The van der Waals surface area contributed by atoms with Crippen molar-refractivity contribution in [2.45, 2.75) is 12.5 Å². The number of carbonyl (C=O) groups is 1. The number of nitrogens with two attached hydrogens (primary N) is 2. The molecule has 1 aromatic carbocycles. The number of benzene rings is 1. The molecule has 0 aliphatic rings. The molecule has 1 unspecified atom stereocenters. The highest BCUT2D eigenvalue weighted by atomic mass is 79.9. The van der Waals surface area contributed by atoms with E-state index in [2.05, 4.69) is 31.9 Å². The van der Waals surface area contributed by atoms with Crippen molar-refractivity contribution in [3.8, 4) is 0 Å². The Morgan fingerprint density at radius 3 is 2.53 bits per heavy atom. The zero-order valence-electron chi connectivity index (χ0n) is 7.64. The van der Waals surface area contributed by atoms with Crippen LogP contribution in [0, 0.1) is 5.82 Å². The van der Waals surface area contributed by atoms with Gasteiger partial charge in [-0.1, -0.05) is 31.9 Å². The highest BCUT2D eigenvalue weighted by Crippen LogP contribution is 2.30. The molecule has 0 aliphatic heterocycles. The van der Waals surface area contributed by atoms with Gasteiger partial charge in [0.25, 0.3) is 0 Å². The maximum absolute atomic E-state index is 13.5. The van der Waals surface area contributed by atoms with Crippen LogP contribution in [0.1, 0.15) is 18.0 Å². The van der Waals surface area contributed by atoms with Crippen molar-refractivity contribution in [3.63, 3.8) is 0 Å². The summed E-state index contributed by atoms with van der Waals surface area (Å²) in [5, 5.41) is 0. The van der Waals surface area contributed by atoms with Gasteiger partial charge in [0.05, 0.1) is 0 Å². The average molecular weight is 340 g/mol. The van der Waals surface area contributed by atoms with Gasteiger partial charge in [-0.3, -0.25) is 4.79 Å². The fourth-order valence-electron chi connectivity index (χ4n) is 1.23. The van der Waals surface area contributed by atoms with Crippen molar-refractivity contribution < 1.29 is 9.18 Å². The van der Waals surface area contributed by atoms with Crippen LogP contribution in [0.4, 0.5) is 4.39 Å². The quantitative estimate of drug-likeness (QED) is 0.886. The smallest absolute Gasteiger partial charge is 0.219 e. The SMILES string of the molecule is NC(=O)CC(N)c1c(F)cc(Br)cc1Br. The van der Waals surface area contributed by atoms with Crippen molar-refractivity contribution in [3.05, 3.63) is 32.5 Å². The summed E-state index contributed by atoms with van der Waals surface area (Å²) < 4.78 is 14.6. The number of carbonyl (C=O) groups excluding carboxylic acids is 1. The minimum Gasteiger partial charge on any atom is -0.370 e. The second-order valence-corrected chi connectivity index (χ2v) is 4.83. The Morgan fingerprint density at radius 1 is 1.47 bits per heavy atom. The van der Waals surface area contributed by atoms with Gasteiger partial charge in [0, 0.05) is 27.0 Å². The minimum atomic E-state index is -0.732. The third-order valence-electron chi connectivity index (χ3n) is 1.84. The summed E-state index contributed by atoms with van der Waals surface area (Å²) in [5.41, 5.74) is 10.9. The predicted molar refractivity (Wildman–Crippen MR) is 62.5 cm³/mol. The minimum absolute atomic E-state index is 0.0862. The zero-order chi connectivity index (χ0) is 11.6. The van der Waals surface area contributed by atoms with Crippen LogP contribution < -0.4 is 11.5 Å². The van der Waals surface area contributed by atoms with E-state index in [0.29, 0.717) is 8.95 Å². The molecule has 4 N–H and O–H groups in total. The third kappa shape index (κ3) is 3.25. The lowest BCUT2D eigenvalue weighted by Crippen LogP contribution is -2.21. The second-order valence-electron chi connectivity index (χ2n) is 3.06. The Kier molecular flexibility index (Phi) is 4.24. The molecule has 0 heterocycles. The van der Waals surface area contributed by atoms with Gasteiger partial charge in [0.15, 0.2) is 0 Å². The van der Waals surface area contributed by atoms with Crippen molar-refractivity contribution in [1.82, 2.24) is 0 Å². The van der Waals surface area contributed by atoms with Gasteiger partial charge in [-0.05, 0) is 12.1 Å². The molecule has 0 spiro atoms. The average Bonchev–Trinajstić information content (AvgIpc) is 1.99. The van der Waals surface area contributed by atoms with Crippen LogP contribution in [0.3, 0.4) is 0 Å². The fraction of sp³-hybridized carbons (Fsp3) is 0.222. The molecule has 1 atom stereocenters. The first-order valence-electron chi connectivity index (χ1n) is 4.10. The van der Waals surface area contributed by atoms with E-state index in [4.69, 9.17) is 11.5 Å². The number of halogens is 3.